The molecule has 30 heavy (non-hydrogen) atoms. The number of aromatic carboxylic acids is 1. The number of rotatable bonds is 8. The fourth-order valence-electron chi connectivity index (χ4n) is 2.26. The topological polar surface area (TPSA) is 153 Å². The Labute approximate surface area is 175 Å². The summed E-state index contributed by atoms with van der Waals surface area (Å²) in [6, 6.07) is 10.4. The number of carboxylic acid groups (broad SMARTS) is 2. The second-order valence-electron chi connectivity index (χ2n) is 5.98. The molecule has 2 aromatic rings. The first-order chi connectivity index (χ1) is 14.2. The predicted octanol–water partition coefficient (Wildman–Crippen LogP) is 2.79. The van der Waals surface area contributed by atoms with E-state index in [0.29, 0.717) is 10.6 Å². The van der Waals surface area contributed by atoms with Crippen molar-refractivity contribution in [2.24, 2.45) is 0 Å². The lowest BCUT2D eigenvalue weighted by Gasteiger charge is -2.13. The third-order valence-corrected chi connectivity index (χ3v) is 4.75. The Balaban J connectivity index is 2.02. The highest BCUT2D eigenvalue weighted by atomic mass is 32.2. The number of nitrogens with one attached hydrogen (secondary N) is 2. The van der Waals surface area contributed by atoms with Crippen molar-refractivity contribution in [1.82, 2.24) is 0 Å². The molecule has 0 heterocycles. The van der Waals surface area contributed by atoms with E-state index < -0.39 is 28.8 Å². The van der Waals surface area contributed by atoms with Gasteiger partial charge in [-0.15, -0.1) is 11.8 Å². The summed E-state index contributed by atoms with van der Waals surface area (Å²) < 4.78 is 0. The summed E-state index contributed by atoms with van der Waals surface area (Å²) in [6.07, 6.45) is 1.61. The van der Waals surface area contributed by atoms with Crippen molar-refractivity contribution in [2.75, 3.05) is 10.6 Å². The van der Waals surface area contributed by atoms with Gasteiger partial charge in [0, 0.05) is 28.4 Å². The lowest BCUT2D eigenvalue weighted by atomic mass is 10.2. The third kappa shape index (κ3) is 6.67. The zero-order valence-electron chi connectivity index (χ0n) is 15.7. The molecule has 0 aromatic heterocycles. The smallest absolute Gasteiger partial charge is 0.339 e. The summed E-state index contributed by atoms with van der Waals surface area (Å²) in [4.78, 5) is 46.3. The van der Waals surface area contributed by atoms with Crippen molar-refractivity contribution < 1.29 is 34.5 Å². The Bertz CT molecular complexity index is 1020. The van der Waals surface area contributed by atoms with Gasteiger partial charge in [0.1, 0.15) is 11.3 Å². The van der Waals surface area contributed by atoms with E-state index in [2.05, 4.69) is 10.6 Å². The molecular formula is C20H18N2O7S. The average Bonchev–Trinajstić information content (AvgIpc) is 2.67. The average molecular weight is 430 g/mol. The van der Waals surface area contributed by atoms with Crippen LogP contribution < -0.4 is 10.6 Å². The zero-order chi connectivity index (χ0) is 22.3. The van der Waals surface area contributed by atoms with Crippen LogP contribution in [0.25, 0.3) is 0 Å². The van der Waals surface area contributed by atoms with Gasteiger partial charge in [-0.05, 0) is 43.3 Å². The number of hydrogen-bond acceptors (Lipinski definition) is 6. The summed E-state index contributed by atoms with van der Waals surface area (Å²) in [5, 5.41) is 31.6. The molecule has 0 spiro atoms. The van der Waals surface area contributed by atoms with Crippen LogP contribution >= 0.6 is 11.8 Å². The fourth-order valence-corrected chi connectivity index (χ4v) is 3.19. The summed E-state index contributed by atoms with van der Waals surface area (Å²) >= 11 is 1.20. The van der Waals surface area contributed by atoms with Crippen molar-refractivity contribution >= 4 is 46.9 Å². The first-order valence-corrected chi connectivity index (χ1v) is 9.39. The highest BCUT2D eigenvalue weighted by Gasteiger charge is 2.17. The van der Waals surface area contributed by atoms with Crippen LogP contribution in [0, 0.1) is 0 Å². The number of aliphatic carboxylic acids is 1. The molecule has 9 nitrogen and oxygen atoms in total. The molecule has 0 aliphatic carbocycles. The van der Waals surface area contributed by atoms with Crippen molar-refractivity contribution in [3.63, 3.8) is 0 Å². The van der Waals surface area contributed by atoms with Gasteiger partial charge < -0.3 is 26.0 Å². The van der Waals surface area contributed by atoms with Gasteiger partial charge in [0.15, 0.2) is 0 Å². The maximum absolute atomic E-state index is 12.4. The highest BCUT2D eigenvalue weighted by molar-refractivity contribution is 8.00. The lowest BCUT2D eigenvalue weighted by Crippen LogP contribution is -2.22. The van der Waals surface area contributed by atoms with Crippen molar-refractivity contribution in [3.05, 3.63) is 60.2 Å². The van der Waals surface area contributed by atoms with E-state index in [-0.39, 0.29) is 17.2 Å². The number of aromatic hydroxyl groups is 1. The van der Waals surface area contributed by atoms with Crippen molar-refractivity contribution in [2.45, 2.75) is 17.1 Å². The fraction of sp³-hybridized carbons (Fsp3) is 0.100. The molecule has 0 aliphatic heterocycles. The second-order valence-corrected chi connectivity index (χ2v) is 7.39. The number of carbonyl (C=O) groups is 4. The van der Waals surface area contributed by atoms with Gasteiger partial charge in [-0.1, -0.05) is 6.07 Å². The Kier molecular flexibility index (Phi) is 7.59. The second kappa shape index (κ2) is 10.1. The number of amides is 2. The summed E-state index contributed by atoms with van der Waals surface area (Å²) in [5.41, 5.74) is 0.333. The van der Waals surface area contributed by atoms with Gasteiger partial charge >= 0.3 is 11.9 Å². The number of hydrogen-bond donors (Lipinski definition) is 5. The number of carbonyl (C=O) groups excluding carboxylic acids is 2. The molecule has 10 heteroatoms. The molecule has 2 aromatic carbocycles. The summed E-state index contributed by atoms with van der Waals surface area (Å²) in [7, 11) is 0. The monoisotopic (exact) mass is 430 g/mol. The molecular weight excluding hydrogens is 412 g/mol. The van der Waals surface area contributed by atoms with Gasteiger partial charge in [0.2, 0.25) is 11.8 Å². The van der Waals surface area contributed by atoms with Crippen LogP contribution in [0.15, 0.2) is 59.5 Å². The maximum Gasteiger partial charge on any atom is 0.339 e. The molecule has 2 rings (SSSR count). The van der Waals surface area contributed by atoms with Crippen LogP contribution in [0.1, 0.15) is 17.3 Å². The van der Waals surface area contributed by atoms with Gasteiger partial charge in [-0.25, -0.2) is 9.59 Å². The summed E-state index contributed by atoms with van der Waals surface area (Å²) in [5.74, 6) is -3.95. The molecule has 0 fully saturated rings. The lowest BCUT2D eigenvalue weighted by molar-refractivity contribution is -0.131. The third-order valence-electron chi connectivity index (χ3n) is 3.66. The highest BCUT2D eigenvalue weighted by Crippen LogP contribution is 2.27. The number of anilines is 2. The molecule has 0 saturated carbocycles. The number of thioether (sulfide) groups is 1. The minimum absolute atomic E-state index is 0.230. The first-order valence-electron chi connectivity index (χ1n) is 8.51. The van der Waals surface area contributed by atoms with Crippen LogP contribution in [0.5, 0.6) is 5.75 Å². The van der Waals surface area contributed by atoms with Gasteiger partial charge in [-0.2, -0.15) is 0 Å². The normalized spacial score (nSPS) is 11.6. The SMILES string of the molecule is CC(Sc1cccc(NC(=O)/C=C/C(=O)O)c1)C(=O)Nc1ccc(O)c(C(=O)O)c1. The van der Waals surface area contributed by atoms with E-state index in [4.69, 9.17) is 10.2 Å². The van der Waals surface area contributed by atoms with E-state index in [1.165, 1.54) is 23.9 Å². The molecule has 0 aliphatic rings. The number of benzene rings is 2. The van der Waals surface area contributed by atoms with Crippen LogP contribution in [0.3, 0.4) is 0 Å². The molecule has 0 radical (unpaired) electrons. The minimum atomic E-state index is -1.32. The van der Waals surface area contributed by atoms with Crippen molar-refractivity contribution in [1.29, 1.82) is 0 Å². The molecule has 0 saturated heterocycles. The minimum Gasteiger partial charge on any atom is -0.507 e. The van der Waals surface area contributed by atoms with E-state index in [9.17, 15) is 24.3 Å². The molecule has 156 valence electrons. The standard InChI is InChI=1S/C20H18N2O7S/c1-11(19(27)22-13-5-6-16(23)15(10-13)20(28)29)30-14-4-2-3-12(9-14)21-17(24)7-8-18(25)26/h2-11,23H,1H3,(H,21,24)(H,22,27)(H,25,26)(H,28,29)/b8-7+. The van der Waals surface area contributed by atoms with E-state index in [1.807, 2.05) is 0 Å². The Hall–Kier alpha value is -3.79. The van der Waals surface area contributed by atoms with E-state index in [1.54, 1.807) is 31.2 Å². The van der Waals surface area contributed by atoms with E-state index in [0.717, 1.165) is 18.2 Å². The largest absolute Gasteiger partial charge is 0.507 e. The maximum atomic E-state index is 12.4. The van der Waals surface area contributed by atoms with Crippen LogP contribution in [0.2, 0.25) is 0 Å². The molecule has 2 amide bonds. The van der Waals surface area contributed by atoms with Gasteiger partial charge in [-0.3, -0.25) is 9.59 Å². The quantitative estimate of drug-likeness (QED) is 0.243. The first kappa shape index (κ1) is 22.5. The zero-order valence-corrected chi connectivity index (χ0v) is 16.5. The van der Waals surface area contributed by atoms with Gasteiger partial charge in [0.25, 0.3) is 0 Å². The predicted molar refractivity (Wildman–Crippen MR) is 111 cm³/mol. The molecule has 5 N–H and O–H groups in total. The van der Waals surface area contributed by atoms with Crippen LogP contribution in [0.4, 0.5) is 11.4 Å². The van der Waals surface area contributed by atoms with Crippen molar-refractivity contribution in [3.8, 4) is 5.75 Å². The molecule has 1 unspecified atom stereocenters. The number of carboxylic acids is 2. The molecule has 1 atom stereocenters. The van der Waals surface area contributed by atoms with E-state index >= 15 is 0 Å². The number of phenols is 1. The van der Waals surface area contributed by atoms with Crippen LogP contribution in [-0.4, -0.2) is 44.3 Å². The van der Waals surface area contributed by atoms with Crippen LogP contribution in [-0.2, 0) is 14.4 Å². The Morgan fingerprint density at radius 2 is 1.67 bits per heavy atom. The molecule has 0 bridgehead atoms. The Morgan fingerprint density at radius 1 is 0.967 bits per heavy atom. The Morgan fingerprint density at radius 3 is 2.33 bits per heavy atom. The van der Waals surface area contributed by atoms with Gasteiger partial charge in [0.05, 0.1) is 5.25 Å². The summed E-state index contributed by atoms with van der Waals surface area (Å²) in [6.45, 7) is 1.65.